The Balaban J connectivity index is 1.99. The van der Waals surface area contributed by atoms with E-state index < -0.39 is 24.0 Å². The van der Waals surface area contributed by atoms with E-state index in [2.05, 4.69) is 20.5 Å². The Hall–Kier alpha value is -2.84. The van der Waals surface area contributed by atoms with E-state index in [1.54, 1.807) is 18.3 Å². The third kappa shape index (κ3) is 3.54. The van der Waals surface area contributed by atoms with Crippen molar-refractivity contribution in [2.45, 2.75) is 33.0 Å². The topological polar surface area (TPSA) is 75.6 Å². The number of aromatic amines is 1. The predicted octanol–water partition coefficient (Wildman–Crippen LogP) is 3.59. The molecule has 3 rings (SSSR count). The number of amides is 1. The first kappa shape index (κ1) is 18.9. The molecule has 0 aliphatic rings. The lowest BCUT2D eigenvalue weighted by Gasteiger charge is -2.24. The van der Waals surface area contributed by atoms with E-state index >= 15 is 0 Å². The van der Waals surface area contributed by atoms with Crippen molar-refractivity contribution in [2.75, 3.05) is 0 Å². The molecule has 2 N–H and O–H groups in total. The van der Waals surface area contributed by atoms with Gasteiger partial charge in [0.1, 0.15) is 11.9 Å². The monoisotopic (exact) mass is 379 g/mol. The van der Waals surface area contributed by atoms with Crippen LogP contribution in [0.5, 0.6) is 0 Å². The van der Waals surface area contributed by atoms with Gasteiger partial charge in [-0.05, 0) is 25.0 Å². The Labute approximate surface area is 153 Å². The van der Waals surface area contributed by atoms with E-state index in [1.165, 1.54) is 13.8 Å². The summed E-state index contributed by atoms with van der Waals surface area (Å²) >= 11 is 0. The minimum absolute atomic E-state index is 0.0689. The van der Waals surface area contributed by atoms with E-state index in [-0.39, 0.29) is 5.69 Å². The maximum absolute atomic E-state index is 13.2. The highest BCUT2D eigenvalue weighted by Gasteiger charge is 2.43. The number of H-pyrrole nitrogens is 1. The van der Waals surface area contributed by atoms with Gasteiger partial charge in [0.15, 0.2) is 5.69 Å². The summed E-state index contributed by atoms with van der Waals surface area (Å²) in [5.74, 6) is -0.844. The molecule has 144 valence electrons. The number of halogens is 3. The van der Waals surface area contributed by atoms with Gasteiger partial charge in [0.05, 0.1) is 17.4 Å². The van der Waals surface area contributed by atoms with Crippen LogP contribution in [0.25, 0.3) is 22.2 Å². The molecule has 1 unspecified atom stereocenters. The Morgan fingerprint density at radius 1 is 1.30 bits per heavy atom. The summed E-state index contributed by atoms with van der Waals surface area (Å²) in [5.41, 5.74) is 2.12. The Morgan fingerprint density at radius 2 is 2.00 bits per heavy atom. The Bertz CT molecular complexity index is 987. The predicted molar refractivity (Wildman–Crippen MR) is 95.2 cm³/mol. The number of alkyl halides is 3. The Morgan fingerprint density at radius 3 is 2.56 bits per heavy atom. The van der Waals surface area contributed by atoms with Crippen LogP contribution in [-0.4, -0.2) is 37.9 Å². The van der Waals surface area contributed by atoms with Crippen LogP contribution < -0.4 is 5.32 Å². The number of benzene rings is 1. The van der Waals surface area contributed by atoms with Gasteiger partial charge in [0, 0.05) is 18.0 Å². The molecule has 27 heavy (non-hydrogen) atoms. The van der Waals surface area contributed by atoms with Crippen LogP contribution in [0, 0.1) is 12.8 Å². The second-order valence-corrected chi connectivity index (χ2v) is 6.82. The number of imidazole rings is 1. The van der Waals surface area contributed by atoms with Crippen molar-refractivity contribution in [3.63, 3.8) is 0 Å². The molecule has 3 aromatic rings. The molecule has 2 heterocycles. The molecule has 0 fully saturated rings. The maximum atomic E-state index is 13.2. The Kier molecular flexibility index (Phi) is 4.71. The van der Waals surface area contributed by atoms with Crippen LogP contribution in [0.15, 0.2) is 24.4 Å². The van der Waals surface area contributed by atoms with Crippen LogP contribution >= 0.6 is 0 Å². The number of aryl methyl sites for hydroxylation is 1. The highest BCUT2D eigenvalue weighted by atomic mass is 19.4. The number of fused-ring (bicyclic) bond motifs is 1. The van der Waals surface area contributed by atoms with Gasteiger partial charge < -0.3 is 9.88 Å². The van der Waals surface area contributed by atoms with Crippen molar-refractivity contribution >= 4 is 16.8 Å². The van der Waals surface area contributed by atoms with Gasteiger partial charge in [0.25, 0.3) is 5.91 Å². The second-order valence-electron chi connectivity index (χ2n) is 6.82. The number of carbonyl (C=O) groups is 1. The number of hydrogen-bond donors (Lipinski definition) is 2. The molecule has 2 aromatic heterocycles. The normalized spacial score (nSPS) is 13.3. The molecule has 0 saturated carbocycles. The minimum atomic E-state index is -4.53. The number of nitrogens with zero attached hydrogens (tertiary/aromatic N) is 3. The van der Waals surface area contributed by atoms with Crippen LogP contribution in [0.2, 0.25) is 0 Å². The summed E-state index contributed by atoms with van der Waals surface area (Å²) < 4.78 is 41.4. The van der Waals surface area contributed by atoms with E-state index in [0.717, 1.165) is 17.1 Å². The summed E-state index contributed by atoms with van der Waals surface area (Å²) in [4.78, 5) is 16.7. The molecular formula is C18H20F3N5O. The second kappa shape index (κ2) is 6.71. The van der Waals surface area contributed by atoms with Crippen molar-refractivity contribution in [1.82, 2.24) is 25.1 Å². The summed E-state index contributed by atoms with van der Waals surface area (Å²) in [5, 5.41) is 9.13. The van der Waals surface area contributed by atoms with Crippen LogP contribution in [0.4, 0.5) is 13.2 Å². The average Bonchev–Trinajstić information content (AvgIpc) is 3.14. The van der Waals surface area contributed by atoms with Crippen molar-refractivity contribution in [1.29, 1.82) is 0 Å². The van der Waals surface area contributed by atoms with E-state index in [4.69, 9.17) is 0 Å². The van der Waals surface area contributed by atoms with Crippen molar-refractivity contribution in [3.05, 3.63) is 35.9 Å². The third-order valence-corrected chi connectivity index (χ3v) is 4.60. The molecule has 1 atom stereocenters. The molecule has 0 spiro atoms. The van der Waals surface area contributed by atoms with Gasteiger partial charge in [-0.2, -0.15) is 18.3 Å². The van der Waals surface area contributed by atoms with Crippen molar-refractivity contribution < 1.29 is 18.0 Å². The minimum Gasteiger partial charge on any atom is -0.339 e. The van der Waals surface area contributed by atoms with Crippen LogP contribution in [-0.2, 0) is 7.05 Å². The van der Waals surface area contributed by atoms with Gasteiger partial charge in [-0.25, -0.2) is 4.98 Å². The molecule has 0 radical (unpaired) electrons. The fraction of sp³-hybridized carbons (Fsp3) is 0.389. The summed E-state index contributed by atoms with van der Waals surface area (Å²) in [6.07, 6.45) is -2.83. The number of carbonyl (C=O) groups excluding carboxylic acids is 1. The third-order valence-electron chi connectivity index (χ3n) is 4.60. The molecule has 6 nitrogen and oxygen atoms in total. The SMILES string of the molecule is Cc1ncc(-c2ccc3[nH]nc(C(=O)NC(C(C)C)C(F)(F)F)c3c2)n1C. The van der Waals surface area contributed by atoms with Gasteiger partial charge in [-0.15, -0.1) is 0 Å². The average molecular weight is 379 g/mol. The zero-order valence-corrected chi connectivity index (χ0v) is 15.3. The smallest absolute Gasteiger partial charge is 0.339 e. The maximum Gasteiger partial charge on any atom is 0.408 e. The molecule has 0 aliphatic heterocycles. The van der Waals surface area contributed by atoms with Crippen molar-refractivity contribution in [2.24, 2.45) is 13.0 Å². The standard InChI is InChI=1S/C18H20F3N5O/c1-9(2)16(18(19,20)21)23-17(27)15-12-7-11(5-6-13(12)24-25-15)14-8-22-10(3)26(14)4/h5-9,16H,1-4H3,(H,23,27)(H,24,25). The molecule has 0 bridgehead atoms. The molecule has 0 saturated heterocycles. The highest BCUT2D eigenvalue weighted by molar-refractivity contribution is 6.05. The fourth-order valence-corrected chi connectivity index (χ4v) is 2.95. The lowest BCUT2D eigenvalue weighted by Crippen LogP contribution is -2.48. The number of rotatable bonds is 4. The first-order valence-corrected chi connectivity index (χ1v) is 8.44. The number of hydrogen-bond acceptors (Lipinski definition) is 3. The molecular weight excluding hydrogens is 359 g/mol. The molecule has 1 amide bonds. The van der Waals surface area contributed by atoms with Gasteiger partial charge >= 0.3 is 6.18 Å². The molecule has 9 heteroatoms. The zero-order chi connectivity index (χ0) is 19.9. The largest absolute Gasteiger partial charge is 0.408 e. The van der Waals surface area contributed by atoms with E-state index in [9.17, 15) is 18.0 Å². The summed E-state index contributed by atoms with van der Waals surface area (Å²) in [6, 6.07) is 3.35. The van der Waals surface area contributed by atoms with Gasteiger partial charge in [-0.1, -0.05) is 19.9 Å². The van der Waals surface area contributed by atoms with Crippen LogP contribution in [0.3, 0.4) is 0 Å². The van der Waals surface area contributed by atoms with Crippen molar-refractivity contribution in [3.8, 4) is 11.3 Å². The number of aromatic nitrogens is 4. The zero-order valence-electron chi connectivity index (χ0n) is 15.3. The highest BCUT2D eigenvalue weighted by Crippen LogP contribution is 2.28. The summed E-state index contributed by atoms with van der Waals surface area (Å²) in [7, 11) is 1.86. The van der Waals surface area contributed by atoms with Gasteiger partial charge in [0.2, 0.25) is 0 Å². The summed E-state index contributed by atoms with van der Waals surface area (Å²) in [6.45, 7) is 4.68. The lowest BCUT2D eigenvalue weighted by molar-refractivity contribution is -0.162. The fourth-order valence-electron chi connectivity index (χ4n) is 2.95. The first-order valence-electron chi connectivity index (χ1n) is 8.44. The van der Waals surface area contributed by atoms with Gasteiger partial charge in [-0.3, -0.25) is 9.89 Å². The quantitative estimate of drug-likeness (QED) is 0.727. The lowest BCUT2D eigenvalue weighted by atomic mass is 10.0. The van der Waals surface area contributed by atoms with E-state index in [0.29, 0.717) is 10.9 Å². The number of nitrogens with one attached hydrogen (secondary N) is 2. The first-order chi connectivity index (χ1) is 12.6. The van der Waals surface area contributed by atoms with E-state index in [1.807, 2.05) is 24.6 Å². The molecule has 1 aromatic carbocycles. The molecule has 0 aliphatic carbocycles. The van der Waals surface area contributed by atoms with Crippen LogP contribution in [0.1, 0.15) is 30.2 Å².